The van der Waals surface area contributed by atoms with Gasteiger partial charge >= 0.3 is 5.97 Å². The van der Waals surface area contributed by atoms with Gasteiger partial charge in [-0.3, -0.25) is 0 Å². The van der Waals surface area contributed by atoms with Crippen LogP contribution in [0.25, 0.3) is 0 Å². The Kier molecular flexibility index (Phi) is 15.6. The second-order valence-electron chi connectivity index (χ2n) is 18.0. The summed E-state index contributed by atoms with van der Waals surface area (Å²) < 4.78 is 32.9. The lowest BCUT2D eigenvalue weighted by atomic mass is 9.91. The van der Waals surface area contributed by atoms with Gasteiger partial charge in [0, 0.05) is 12.5 Å². The van der Waals surface area contributed by atoms with Crippen molar-refractivity contribution in [2.45, 2.75) is 173 Å². The molecule has 0 fully saturated rings. The molecule has 3 aliphatic rings. The molecule has 2 bridgehead atoms. The van der Waals surface area contributed by atoms with Gasteiger partial charge in [0.05, 0.1) is 31.0 Å². The highest BCUT2D eigenvalue weighted by atomic mass is 28.4. The van der Waals surface area contributed by atoms with E-state index in [9.17, 15) is 4.79 Å². The fourth-order valence-electron chi connectivity index (χ4n) is 6.10. The van der Waals surface area contributed by atoms with Crippen LogP contribution in [-0.4, -0.2) is 65.8 Å². The van der Waals surface area contributed by atoms with E-state index < -0.39 is 28.8 Å². The number of rotatable bonds is 7. The van der Waals surface area contributed by atoms with Crippen LogP contribution in [0.15, 0.2) is 72.4 Å². The maximum Gasteiger partial charge on any atom is 0.330 e. The Morgan fingerprint density at radius 3 is 2.26 bits per heavy atom. The van der Waals surface area contributed by atoms with Gasteiger partial charge in [-0.2, -0.15) is 0 Å². The molecule has 0 amide bonds. The molecule has 0 aromatic rings. The summed E-state index contributed by atoms with van der Waals surface area (Å²) in [5.74, 6) is 0.0697. The first-order valence-corrected chi connectivity index (χ1v) is 24.8. The Labute approximate surface area is 307 Å². The minimum absolute atomic E-state index is 0.0278. The van der Waals surface area contributed by atoms with Gasteiger partial charge in [-0.05, 0) is 87.6 Å². The molecule has 0 saturated carbocycles. The van der Waals surface area contributed by atoms with E-state index >= 15 is 0 Å². The molecule has 3 aliphatic heterocycles. The molecule has 3 rings (SSSR count). The smallest absolute Gasteiger partial charge is 0.330 e. The van der Waals surface area contributed by atoms with Crippen molar-refractivity contribution in [3.8, 4) is 0 Å². The fraction of sp³-hybridized carbons (Fsp3) is 0.690. The summed E-state index contributed by atoms with van der Waals surface area (Å²) in [6, 6.07) is 0. The van der Waals surface area contributed by atoms with Gasteiger partial charge in [0.15, 0.2) is 16.6 Å². The molecule has 3 heterocycles. The number of ether oxygens (including phenoxy) is 3. The molecule has 1 unspecified atom stereocenters. The summed E-state index contributed by atoms with van der Waals surface area (Å²) in [7, 11) is -4.36. The predicted octanol–water partition coefficient (Wildman–Crippen LogP) is 11.0. The maximum absolute atomic E-state index is 13.5. The van der Waals surface area contributed by atoms with Crippen molar-refractivity contribution >= 4 is 22.6 Å². The topological polar surface area (TPSA) is 63.2 Å². The van der Waals surface area contributed by atoms with Crippen molar-refractivity contribution in [3.05, 3.63) is 72.4 Å². The Morgan fingerprint density at radius 1 is 0.920 bits per heavy atom. The standard InChI is InChI=1S/C42H70O6Si2/c1-31-25-26-44-35(28-31)23-24-39(48-50(12,13)42(7,8)9)38-21-15-20-37(47-49(10,11)41(4,5)6)30-33(3)27-32(2)29-36-19-14-17-34(45-36)18-16-22-40(43)46-38/h14-17,20,22-25,32,34-39H,3,18-19,21,26-30H2,1-2,4-13H3/t32-,34-,35+,36-,37?,38-,39-/m0/s1. The number of esters is 1. The van der Waals surface area contributed by atoms with Crippen LogP contribution in [0.1, 0.15) is 100 Å². The summed E-state index contributed by atoms with van der Waals surface area (Å²) in [6.45, 7) is 32.2. The molecule has 282 valence electrons. The molecule has 0 N–H and O–H groups in total. The quantitative estimate of drug-likeness (QED) is 0.148. The lowest BCUT2D eigenvalue weighted by molar-refractivity contribution is -0.146. The van der Waals surface area contributed by atoms with Crippen molar-refractivity contribution < 1.29 is 27.9 Å². The van der Waals surface area contributed by atoms with Gasteiger partial charge in [0.25, 0.3) is 0 Å². The largest absolute Gasteiger partial charge is 0.456 e. The Balaban J connectivity index is 2.02. The highest BCUT2D eigenvalue weighted by Gasteiger charge is 2.41. The number of hydrogen-bond donors (Lipinski definition) is 0. The third-order valence-electron chi connectivity index (χ3n) is 11.2. The molecule has 0 spiro atoms. The molecule has 7 atom stereocenters. The van der Waals surface area contributed by atoms with E-state index in [4.69, 9.17) is 23.1 Å². The lowest BCUT2D eigenvalue weighted by Gasteiger charge is -2.40. The summed E-state index contributed by atoms with van der Waals surface area (Å²) >= 11 is 0. The molecule has 0 aromatic heterocycles. The Hall–Kier alpha value is -1.82. The third kappa shape index (κ3) is 13.6. The molecule has 50 heavy (non-hydrogen) atoms. The van der Waals surface area contributed by atoms with Gasteiger partial charge in [0.1, 0.15) is 12.2 Å². The van der Waals surface area contributed by atoms with E-state index in [0.29, 0.717) is 25.4 Å². The van der Waals surface area contributed by atoms with E-state index in [-0.39, 0.29) is 40.5 Å². The number of carbonyl (C=O) groups is 1. The zero-order valence-electron chi connectivity index (χ0n) is 33.6. The van der Waals surface area contributed by atoms with E-state index in [1.54, 1.807) is 6.08 Å². The molecule has 0 aromatic carbocycles. The van der Waals surface area contributed by atoms with Crippen LogP contribution in [0.5, 0.6) is 0 Å². The zero-order chi connectivity index (χ0) is 37.3. The van der Waals surface area contributed by atoms with Crippen molar-refractivity contribution in [1.29, 1.82) is 0 Å². The van der Waals surface area contributed by atoms with Gasteiger partial charge in [-0.15, -0.1) is 0 Å². The van der Waals surface area contributed by atoms with Crippen molar-refractivity contribution in [2.75, 3.05) is 6.61 Å². The highest BCUT2D eigenvalue weighted by molar-refractivity contribution is 6.74. The molecule has 0 radical (unpaired) electrons. The Morgan fingerprint density at radius 2 is 1.60 bits per heavy atom. The van der Waals surface area contributed by atoms with Crippen LogP contribution in [0.2, 0.25) is 36.3 Å². The second-order valence-corrected chi connectivity index (χ2v) is 27.5. The molecular formula is C42H70O6Si2. The van der Waals surface area contributed by atoms with E-state index in [1.165, 1.54) is 11.1 Å². The minimum Gasteiger partial charge on any atom is -0.456 e. The predicted molar refractivity (Wildman–Crippen MR) is 213 cm³/mol. The van der Waals surface area contributed by atoms with Crippen LogP contribution in [-0.2, 0) is 27.9 Å². The maximum atomic E-state index is 13.5. The zero-order valence-corrected chi connectivity index (χ0v) is 35.6. The number of hydrogen-bond acceptors (Lipinski definition) is 6. The second kappa shape index (κ2) is 18.3. The minimum atomic E-state index is -2.27. The Bertz CT molecular complexity index is 1280. The van der Waals surface area contributed by atoms with Crippen LogP contribution in [0, 0.1) is 5.92 Å². The van der Waals surface area contributed by atoms with Gasteiger partial charge < -0.3 is 23.1 Å². The van der Waals surface area contributed by atoms with Crippen molar-refractivity contribution in [1.82, 2.24) is 0 Å². The first-order chi connectivity index (χ1) is 23.1. The summed E-state index contributed by atoms with van der Waals surface area (Å²) in [5, 5.41) is 0.0376. The summed E-state index contributed by atoms with van der Waals surface area (Å²) in [6.07, 6.45) is 22.9. The van der Waals surface area contributed by atoms with Crippen LogP contribution in [0.4, 0.5) is 0 Å². The highest BCUT2D eigenvalue weighted by Crippen LogP contribution is 2.40. The normalized spacial score (nSPS) is 29.3. The molecule has 0 saturated heterocycles. The van der Waals surface area contributed by atoms with Crippen LogP contribution >= 0.6 is 0 Å². The van der Waals surface area contributed by atoms with Crippen LogP contribution < -0.4 is 0 Å². The molecule has 8 heteroatoms. The van der Waals surface area contributed by atoms with Gasteiger partial charge in [0.2, 0.25) is 0 Å². The first kappa shape index (κ1) is 42.6. The summed E-state index contributed by atoms with van der Waals surface area (Å²) in [5.41, 5.74) is 2.51. The van der Waals surface area contributed by atoms with Crippen molar-refractivity contribution in [2.24, 2.45) is 5.92 Å². The number of carbonyl (C=O) groups excluding carboxylic acids is 1. The summed E-state index contributed by atoms with van der Waals surface area (Å²) in [4.78, 5) is 13.5. The average Bonchev–Trinajstić information content (AvgIpc) is 2.97. The molecule has 0 aliphatic carbocycles. The number of fused-ring (bicyclic) bond motifs is 2. The lowest BCUT2D eigenvalue weighted by Crippen LogP contribution is -2.47. The molecule has 6 nitrogen and oxygen atoms in total. The number of cyclic esters (lactones) is 1. The average molecular weight is 727 g/mol. The van der Waals surface area contributed by atoms with Gasteiger partial charge in [-0.1, -0.05) is 115 Å². The monoisotopic (exact) mass is 726 g/mol. The molecular weight excluding hydrogens is 657 g/mol. The van der Waals surface area contributed by atoms with E-state index in [0.717, 1.165) is 32.1 Å². The van der Waals surface area contributed by atoms with E-state index in [1.807, 2.05) is 6.08 Å². The SMILES string of the molecule is C=C1CC(O[Si](C)(C)C(C)(C)C)C=CC[C@@H]([C@H](C=C[C@@H]2CC(C)=CCO2)O[Si](C)(C)C(C)(C)C)OC(=O)C=CC[C@@H]2C=CC[C@@H](C[C@@H](C)C1)O2. The van der Waals surface area contributed by atoms with Crippen LogP contribution in [0.3, 0.4) is 0 Å². The van der Waals surface area contributed by atoms with Gasteiger partial charge in [-0.25, -0.2) is 4.79 Å². The first-order valence-electron chi connectivity index (χ1n) is 19.0. The van der Waals surface area contributed by atoms with Crippen molar-refractivity contribution in [3.63, 3.8) is 0 Å². The fourth-order valence-corrected chi connectivity index (χ4v) is 8.64. The third-order valence-corrected chi connectivity index (χ3v) is 20.1. The van der Waals surface area contributed by atoms with E-state index in [2.05, 4.69) is 131 Å².